The Morgan fingerprint density at radius 3 is 2.63 bits per heavy atom. The first kappa shape index (κ1) is 11.2. The average Bonchev–Trinajstić information content (AvgIpc) is 2.98. The van der Waals surface area contributed by atoms with E-state index in [-0.39, 0.29) is 0 Å². The maximum Gasteiger partial charge on any atom is 0.235 e. The molecule has 1 N–H and O–H groups in total. The highest BCUT2D eigenvalue weighted by Crippen LogP contribution is 2.33. The first-order valence-corrected chi connectivity index (χ1v) is 7.33. The normalized spacial score (nSPS) is 17.5. The van der Waals surface area contributed by atoms with Crippen molar-refractivity contribution in [2.75, 3.05) is 0 Å². The van der Waals surface area contributed by atoms with Gasteiger partial charge in [0.05, 0.1) is 11.0 Å². The fraction of sp³-hybridized carbons (Fsp3) is 0.429. The van der Waals surface area contributed by atoms with Crippen LogP contribution in [0.5, 0.6) is 0 Å². The van der Waals surface area contributed by atoms with Gasteiger partial charge in [0.15, 0.2) is 0 Å². The van der Waals surface area contributed by atoms with Crippen molar-refractivity contribution in [1.82, 2.24) is 19.2 Å². The molecule has 5 heteroatoms. The predicted molar refractivity (Wildman–Crippen MR) is 78.0 cm³/mol. The fourth-order valence-corrected chi connectivity index (χ4v) is 3.56. The van der Waals surface area contributed by atoms with E-state index in [1.165, 1.54) is 37.6 Å². The lowest BCUT2D eigenvalue weighted by Gasteiger charge is -2.23. The molecule has 2 aromatic heterocycles. The smallest absolute Gasteiger partial charge is 0.235 e. The topological polar surface area (TPSA) is 38.0 Å². The van der Waals surface area contributed by atoms with Crippen LogP contribution in [0.1, 0.15) is 38.1 Å². The Balaban J connectivity index is 2.07. The third kappa shape index (κ3) is 1.57. The summed E-state index contributed by atoms with van der Waals surface area (Å²) in [5.74, 6) is 0.957. The number of rotatable bonds is 1. The van der Waals surface area contributed by atoms with Crippen LogP contribution in [0, 0.1) is 4.77 Å². The molecular formula is C14H16N4S. The quantitative estimate of drug-likeness (QED) is 0.683. The Labute approximate surface area is 116 Å². The van der Waals surface area contributed by atoms with Crippen LogP contribution in [0.15, 0.2) is 24.3 Å². The Morgan fingerprint density at radius 1 is 1.11 bits per heavy atom. The van der Waals surface area contributed by atoms with Gasteiger partial charge in [-0.05, 0) is 37.2 Å². The van der Waals surface area contributed by atoms with Crippen molar-refractivity contribution >= 4 is 29.0 Å². The van der Waals surface area contributed by atoms with Gasteiger partial charge in [-0.25, -0.2) is 5.10 Å². The molecular weight excluding hydrogens is 256 g/mol. The number of benzene rings is 1. The summed E-state index contributed by atoms with van der Waals surface area (Å²) >= 11 is 5.36. The number of para-hydroxylation sites is 2. The molecule has 0 spiro atoms. The molecule has 4 nitrogen and oxygen atoms in total. The third-order valence-electron chi connectivity index (χ3n) is 4.19. The van der Waals surface area contributed by atoms with E-state index in [2.05, 4.69) is 43.4 Å². The number of aromatic amines is 1. The van der Waals surface area contributed by atoms with Gasteiger partial charge in [-0.15, -0.1) is 5.10 Å². The van der Waals surface area contributed by atoms with Crippen molar-refractivity contribution < 1.29 is 0 Å². The van der Waals surface area contributed by atoms with Gasteiger partial charge < -0.3 is 4.57 Å². The largest absolute Gasteiger partial charge is 0.305 e. The van der Waals surface area contributed by atoms with Crippen molar-refractivity contribution in [2.45, 2.75) is 38.1 Å². The van der Waals surface area contributed by atoms with Crippen molar-refractivity contribution in [3.8, 4) is 0 Å². The number of aromatic nitrogens is 4. The van der Waals surface area contributed by atoms with E-state index in [1.54, 1.807) is 0 Å². The molecule has 0 unspecified atom stereocenters. The van der Waals surface area contributed by atoms with Gasteiger partial charge in [0.25, 0.3) is 0 Å². The van der Waals surface area contributed by atoms with Gasteiger partial charge in [0.2, 0.25) is 10.5 Å². The van der Waals surface area contributed by atoms with Crippen molar-refractivity contribution in [3.05, 3.63) is 29.0 Å². The molecule has 0 aliphatic heterocycles. The van der Waals surface area contributed by atoms with E-state index in [9.17, 15) is 0 Å². The number of nitrogens with zero attached hydrogens (tertiary/aromatic N) is 3. The number of hydrogen-bond acceptors (Lipinski definition) is 2. The Bertz CT molecular complexity index is 789. The summed E-state index contributed by atoms with van der Waals surface area (Å²) in [5.41, 5.74) is 2.40. The molecule has 1 fully saturated rings. The molecule has 1 aliphatic carbocycles. The molecule has 3 aromatic rings. The minimum Gasteiger partial charge on any atom is -0.305 e. The number of imidazole rings is 1. The van der Waals surface area contributed by atoms with E-state index in [0.29, 0.717) is 10.8 Å². The van der Waals surface area contributed by atoms with Gasteiger partial charge in [-0.1, -0.05) is 31.4 Å². The number of fused-ring (bicyclic) bond motifs is 3. The van der Waals surface area contributed by atoms with Crippen molar-refractivity contribution in [1.29, 1.82) is 0 Å². The zero-order valence-corrected chi connectivity index (χ0v) is 11.5. The van der Waals surface area contributed by atoms with Crippen LogP contribution in [-0.2, 0) is 0 Å². The summed E-state index contributed by atoms with van der Waals surface area (Å²) in [6.45, 7) is 0. The van der Waals surface area contributed by atoms with Crippen LogP contribution in [0.2, 0.25) is 0 Å². The van der Waals surface area contributed by atoms with Gasteiger partial charge in [0, 0.05) is 6.04 Å². The number of nitrogens with one attached hydrogen (secondary N) is 1. The van der Waals surface area contributed by atoms with E-state index in [1.807, 2.05) is 0 Å². The molecule has 1 saturated carbocycles. The monoisotopic (exact) mass is 272 g/mol. The van der Waals surface area contributed by atoms with Crippen LogP contribution in [-0.4, -0.2) is 19.2 Å². The molecule has 0 amide bonds. The zero-order valence-electron chi connectivity index (χ0n) is 10.7. The van der Waals surface area contributed by atoms with Gasteiger partial charge >= 0.3 is 0 Å². The van der Waals surface area contributed by atoms with Crippen LogP contribution in [0.3, 0.4) is 0 Å². The second-order valence-corrected chi connectivity index (χ2v) is 5.70. The number of H-pyrrole nitrogens is 1. The molecule has 19 heavy (non-hydrogen) atoms. The summed E-state index contributed by atoms with van der Waals surface area (Å²) in [6, 6.07) is 9.00. The molecule has 0 bridgehead atoms. The second-order valence-electron chi connectivity index (χ2n) is 5.31. The SMILES string of the molecule is S=c1[nH]nc2n(C3CCCCC3)c3ccccc3n12. The minimum absolute atomic E-state index is 0.557. The third-order valence-corrected chi connectivity index (χ3v) is 4.47. The Kier molecular flexibility index (Phi) is 2.48. The lowest BCUT2D eigenvalue weighted by Crippen LogP contribution is -2.13. The van der Waals surface area contributed by atoms with E-state index in [0.717, 1.165) is 11.3 Å². The Morgan fingerprint density at radius 2 is 1.84 bits per heavy atom. The molecule has 0 radical (unpaired) electrons. The van der Waals surface area contributed by atoms with Crippen molar-refractivity contribution in [2.24, 2.45) is 0 Å². The standard InChI is InChI=1S/C14H16N4S/c19-14-16-15-13-17(10-6-2-1-3-7-10)11-8-4-5-9-12(11)18(13)14/h4-5,8-10H,1-3,6-7H2,(H,16,19). The lowest BCUT2D eigenvalue weighted by molar-refractivity contribution is 0.365. The average molecular weight is 272 g/mol. The van der Waals surface area contributed by atoms with E-state index < -0.39 is 0 Å². The second kappa shape index (κ2) is 4.20. The molecule has 98 valence electrons. The first-order valence-electron chi connectivity index (χ1n) is 6.92. The van der Waals surface area contributed by atoms with Crippen LogP contribution in [0.4, 0.5) is 0 Å². The molecule has 0 atom stereocenters. The first-order chi connectivity index (χ1) is 9.36. The molecule has 2 heterocycles. The van der Waals surface area contributed by atoms with Crippen LogP contribution < -0.4 is 0 Å². The molecule has 1 aliphatic rings. The summed E-state index contributed by atoms with van der Waals surface area (Å²) in [6.07, 6.45) is 6.48. The summed E-state index contributed by atoms with van der Waals surface area (Å²) < 4.78 is 5.11. The predicted octanol–water partition coefficient (Wildman–Crippen LogP) is 3.85. The highest BCUT2D eigenvalue weighted by atomic mass is 32.1. The van der Waals surface area contributed by atoms with E-state index >= 15 is 0 Å². The summed E-state index contributed by atoms with van der Waals surface area (Å²) in [4.78, 5) is 0. The summed E-state index contributed by atoms with van der Waals surface area (Å²) in [5, 5.41) is 7.36. The van der Waals surface area contributed by atoms with E-state index in [4.69, 9.17) is 12.2 Å². The zero-order chi connectivity index (χ0) is 12.8. The number of hydrogen-bond donors (Lipinski definition) is 1. The van der Waals surface area contributed by atoms with Gasteiger partial charge in [-0.3, -0.25) is 4.40 Å². The lowest BCUT2D eigenvalue weighted by atomic mass is 9.95. The molecule has 0 saturated heterocycles. The fourth-order valence-electron chi connectivity index (χ4n) is 3.33. The highest BCUT2D eigenvalue weighted by Gasteiger charge is 2.21. The van der Waals surface area contributed by atoms with Crippen LogP contribution >= 0.6 is 12.2 Å². The van der Waals surface area contributed by atoms with Gasteiger partial charge in [0.1, 0.15) is 0 Å². The molecule has 1 aromatic carbocycles. The Hall–Kier alpha value is -1.62. The maximum absolute atomic E-state index is 5.36. The van der Waals surface area contributed by atoms with Gasteiger partial charge in [-0.2, -0.15) is 0 Å². The van der Waals surface area contributed by atoms with Crippen LogP contribution in [0.25, 0.3) is 16.8 Å². The summed E-state index contributed by atoms with van der Waals surface area (Å²) in [7, 11) is 0. The van der Waals surface area contributed by atoms with Crippen molar-refractivity contribution in [3.63, 3.8) is 0 Å². The maximum atomic E-state index is 5.36. The highest BCUT2D eigenvalue weighted by molar-refractivity contribution is 7.71. The molecule has 4 rings (SSSR count). The minimum atomic E-state index is 0.557.